The van der Waals surface area contributed by atoms with Crippen molar-refractivity contribution in [3.63, 3.8) is 0 Å². The summed E-state index contributed by atoms with van der Waals surface area (Å²) in [6.45, 7) is 0.0218. The van der Waals surface area contributed by atoms with Gasteiger partial charge in [0, 0.05) is 24.5 Å². The predicted molar refractivity (Wildman–Crippen MR) is 107 cm³/mol. The van der Waals surface area contributed by atoms with Gasteiger partial charge in [0.05, 0.1) is 10.6 Å². The lowest BCUT2D eigenvalue weighted by Crippen LogP contribution is -2.36. The van der Waals surface area contributed by atoms with Gasteiger partial charge in [-0.1, -0.05) is 0 Å². The standard InChI is InChI=1S/C19H14F3N7O4S/c20-19(21,22)34(32,33)13-3-1-12(2-4-13)29-16(30)18(6-7-18)28(17(29)31)10-11-5-8-23-9-14(11)15-24-26-27-25-15/h1-5,8-9H,6-7,10H2,(H,24,25,26,27). The molecule has 0 bridgehead atoms. The smallest absolute Gasteiger partial charge is 0.305 e. The number of tetrazole rings is 1. The molecular weight excluding hydrogens is 479 g/mol. The Morgan fingerprint density at radius 3 is 2.38 bits per heavy atom. The van der Waals surface area contributed by atoms with Crippen molar-refractivity contribution < 1.29 is 31.2 Å². The summed E-state index contributed by atoms with van der Waals surface area (Å²) in [5, 5.41) is 13.7. The van der Waals surface area contributed by atoms with Crippen molar-refractivity contribution >= 4 is 27.5 Å². The Morgan fingerprint density at radius 2 is 1.79 bits per heavy atom. The highest BCUT2D eigenvalue weighted by molar-refractivity contribution is 7.92. The van der Waals surface area contributed by atoms with Crippen LogP contribution in [0.25, 0.3) is 11.4 Å². The number of sulfone groups is 1. The maximum atomic E-state index is 13.3. The van der Waals surface area contributed by atoms with Gasteiger partial charge in [0.2, 0.25) is 5.82 Å². The van der Waals surface area contributed by atoms with Gasteiger partial charge in [-0.2, -0.15) is 18.4 Å². The van der Waals surface area contributed by atoms with Crippen LogP contribution in [0.3, 0.4) is 0 Å². The van der Waals surface area contributed by atoms with E-state index in [2.05, 4.69) is 25.6 Å². The molecule has 11 nitrogen and oxygen atoms in total. The number of hydrogen-bond acceptors (Lipinski definition) is 8. The number of pyridine rings is 1. The summed E-state index contributed by atoms with van der Waals surface area (Å²) in [5.41, 5.74) is -5.46. The number of benzene rings is 1. The molecule has 34 heavy (non-hydrogen) atoms. The van der Waals surface area contributed by atoms with Crippen molar-refractivity contribution in [2.75, 3.05) is 4.90 Å². The summed E-state index contributed by atoms with van der Waals surface area (Å²) in [7, 11) is -5.56. The Kier molecular flexibility index (Phi) is 4.72. The van der Waals surface area contributed by atoms with Crippen molar-refractivity contribution in [3.05, 3.63) is 48.3 Å². The quantitative estimate of drug-likeness (QED) is 0.532. The molecule has 2 fully saturated rings. The normalized spacial score (nSPS) is 17.6. The van der Waals surface area contributed by atoms with Gasteiger partial charge in [0.15, 0.2) is 0 Å². The van der Waals surface area contributed by atoms with Crippen molar-refractivity contribution in [2.24, 2.45) is 0 Å². The Bertz CT molecular complexity index is 1390. The summed E-state index contributed by atoms with van der Waals surface area (Å²) in [6.07, 6.45) is 3.84. The van der Waals surface area contributed by atoms with Crippen LogP contribution in [0, 0.1) is 0 Å². The number of alkyl halides is 3. The summed E-state index contributed by atoms with van der Waals surface area (Å²) in [5.74, 6) is -0.275. The van der Waals surface area contributed by atoms with Crippen LogP contribution in [0.1, 0.15) is 18.4 Å². The molecule has 1 saturated heterocycles. The minimum Gasteiger partial charge on any atom is -0.305 e. The molecule has 0 radical (unpaired) electrons. The highest BCUT2D eigenvalue weighted by atomic mass is 32.2. The number of imide groups is 1. The van der Waals surface area contributed by atoms with Crippen LogP contribution < -0.4 is 4.90 Å². The van der Waals surface area contributed by atoms with Crippen LogP contribution in [-0.4, -0.2) is 61.9 Å². The molecule has 3 amide bonds. The van der Waals surface area contributed by atoms with Crippen molar-refractivity contribution in [1.29, 1.82) is 0 Å². The number of urea groups is 1. The van der Waals surface area contributed by atoms with Gasteiger partial charge in [0.1, 0.15) is 5.54 Å². The molecule has 3 aromatic rings. The predicted octanol–water partition coefficient (Wildman–Crippen LogP) is 2.06. The highest BCUT2D eigenvalue weighted by Gasteiger charge is 2.65. The third kappa shape index (κ3) is 3.22. The number of hydrogen-bond donors (Lipinski definition) is 1. The zero-order chi connectivity index (χ0) is 24.3. The fraction of sp³-hybridized carbons (Fsp3) is 0.263. The second-order valence-corrected chi connectivity index (χ2v) is 9.69. The first-order valence-electron chi connectivity index (χ1n) is 9.80. The van der Waals surface area contributed by atoms with Gasteiger partial charge in [-0.15, -0.1) is 10.2 Å². The molecular formula is C19H14F3N7O4S. The molecule has 1 saturated carbocycles. The van der Waals surface area contributed by atoms with E-state index in [9.17, 15) is 31.2 Å². The van der Waals surface area contributed by atoms with Crippen LogP contribution in [-0.2, 0) is 21.2 Å². The molecule has 2 aliphatic rings. The van der Waals surface area contributed by atoms with Gasteiger partial charge < -0.3 is 4.90 Å². The van der Waals surface area contributed by atoms with Gasteiger partial charge in [0.25, 0.3) is 15.7 Å². The number of aromatic amines is 1. The third-order valence-corrected chi connectivity index (χ3v) is 7.30. The molecule has 1 aliphatic carbocycles. The van der Waals surface area contributed by atoms with E-state index in [1.807, 2.05) is 0 Å². The molecule has 2 aromatic heterocycles. The molecule has 0 atom stereocenters. The number of rotatable bonds is 5. The second-order valence-electron chi connectivity index (χ2n) is 7.75. The Hall–Kier alpha value is -3.88. The van der Waals surface area contributed by atoms with Gasteiger partial charge in [-0.25, -0.2) is 18.1 Å². The summed E-state index contributed by atoms with van der Waals surface area (Å²) < 4.78 is 61.7. The SMILES string of the molecule is O=C1N(c2ccc(S(=O)(=O)C(F)(F)F)cc2)C(=O)C2(CC2)N1Cc1ccncc1-c1nn[nH]n1. The Morgan fingerprint density at radius 1 is 1.09 bits per heavy atom. The van der Waals surface area contributed by atoms with Gasteiger partial charge in [-0.05, 0) is 54.0 Å². The number of anilines is 1. The van der Waals surface area contributed by atoms with E-state index in [1.165, 1.54) is 17.3 Å². The van der Waals surface area contributed by atoms with Crippen LogP contribution in [0.15, 0.2) is 47.6 Å². The Balaban J connectivity index is 1.46. The lowest BCUT2D eigenvalue weighted by atomic mass is 10.1. The highest BCUT2D eigenvalue weighted by Crippen LogP contribution is 2.50. The minimum atomic E-state index is -5.56. The van der Waals surface area contributed by atoms with E-state index in [-0.39, 0.29) is 18.1 Å². The molecule has 1 aliphatic heterocycles. The van der Waals surface area contributed by atoms with Crippen LogP contribution >= 0.6 is 0 Å². The molecule has 15 heteroatoms. The topological polar surface area (TPSA) is 142 Å². The van der Waals surface area contributed by atoms with Gasteiger partial charge >= 0.3 is 11.5 Å². The lowest BCUT2D eigenvalue weighted by Gasteiger charge is -2.22. The number of nitrogens with one attached hydrogen (secondary N) is 1. The number of amides is 3. The maximum absolute atomic E-state index is 13.3. The van der Waals surface area contributed by atoms with Crippen molar-refractivity contribution in [1.82, 2.24) is 30.5 Å². The maximum Gasteiger partial charge on any atom is 0.501 e. The Labute approximate surface area is 189 Å². The number of halogens is 3. The molecule has 1 N–H and O–H groups in total. The molecule has 0 unspecified atom stereocenters. The number of H-pyrrole nitrogens is 1. The van der Waals surface area contributed by atoms with Gasteiger partial charge in [-0.3, -0.25) is 9.78 Å². The van der Waals surface area contributed by atoms with E-state index < -0.39 is 37.7 Å². The van der Waals surface area contributed by atoms with E-state index >= 15 is 0 Å². The molecule has 1 spiro atoms. The summed E-state index contributed by atoms with van der Waals surface area (Å²) >= 11 is 0. The fourth-order valence-corrected chi connectivity index (χ4v) is 4.64. The van der Waals surface area contributed by atoms with Crippen molar-refractivity contribution in [3.8, 4) is 11.4 Å². The minimum absolute atomic E-state index is 0.0218. The number of nitrogens with zero attached hydrogens (tertiary/aromatic N) is 6. The van der Waals surface area contributed by atoms with E-state index in [0.717, 1.165) is 29.2 Å². The van der Waals surface area contributed by atoms with E-state index in [1.54, 1.807) is 6.07 Å². The van der Waals surface area contributed by atoms with E-state index in [4.69, 9.17) is 0 Å². The average molecular weight is 493 g/mol. The van der Waals surface area contributed by atoms with Crippen LogP contribution in [0.5, 0.6) is 0 Å². The second kappa shape index (κ2) is 7.31. The number of carbonyl (C=O) groups is 2. The number of aromatic nitrogens is 5. The third-order valence-electron chi connectivity index (χ3n) is 5.80. The molecule has 5 rings (SSSR count). The average Bonchev–Trinajstić information content (AvgIpc) is 3.36. The summed E-state index contributed by atoms with van der Waals surface area (Å²) in [6, 6.07) is 4.43. The molecule has 176 valence electrons. The van der Waals surface area contributed by atoms with Crippen LogP contribution in [0.4, 0.5) is 23.7 Å². The molecule has 3 heterocycles. The largest absolute Gasteiger partial charge is 0.501 e. The first-order valence-corrected chi connectivity index (χ1v) is 11.3. The fourth-order valence-electron chi connectivity index (χ4n) is 3.88. The van der Waals surface area contributed by atoms with Crippen molar-refractivity contribution in [2.45, 2.75) is 35.3 Å². The van der Waals surface area contributed by atoms with Crippen LogP contribution in [0.2, 0.25) is 0 Å². The first kappa shape index (κ1) is 21.9. The zero-order valence-corrected chi connectivity index (χ0v) is 17.8. The zero-order valence-electron chi connectivity index (χ0n) is 17.0. The monoisotopic (exact) mass is 493 g/mol. The molecule has 1 aromatic carbocycles. The number of carbonyl (C=O) groups excluding carboxylic acids is 2. The lowest BCUT2D eigenvalue weighted by molar-refractivity contribution is -0.120. The van der Waals surface area contributed by atoms with E-state index in [0.29, 0.717) is 24.0 Å². The first-order chi connectivity index (χ1) is 16.1. The summed E-state index contributed by atoms with van der Waals surface area (Å²) in [4.78, 5) is 31.7.